The van der Waals surface area contributed by atoms with Gasteiger partial charge in [0.05, 0.1) is 0 Å². The number of allylic oxidation sites excluding steroid dienone is 3. The third kappa shape index (κ3) is 5.57. The van der Waals surface area contributed by atoms with Crippen molar-refractivity contribution in [3.05, 3.63) is 59.7 Å². The zero-order valence-electron chi connectivity index (χ0n) is 14.5. The van der Waals surface area contributed by atoms with Crippen LogP contribution in [-0.2, 0) is 16.1 Å². The number of carboxylic acid groups (broad SMARTS) is 2. The zero-order chi connectivity index (χ0) is 18.9. The van der Waals surface area contributed by atoms with Gasteiger partial charge >= 0.3 is 11.9 Å². The molecule has 0 bridgehead atoms. The van der Waals surface area contributed by atoms with Crippen molar-refractivity contribution in [1.29, 1.82) is 0 Å². The minimum absolute atomic E-state index is 0.0673. The number of hydrogen-bond acceptors (Lipinski definition) is 5. The van der Waals surface area contributed by atoms with Crippen molar-refractivity contribution in [2.75, 3.05) is 5.75 Å². The number of aliphatic carboxylic acids is 2. The molecule has 2 atom stereocenters. The minimum Gasteiger partial charge on any atom is -0.480 e. The summed E-state index contributed by atoms with van der Waals surface area (Å²) in [5, 5.41) is 21.3. The van der Waals surface area contributed by atoms with Crippen LogP contribution in [-0.4, -0.2) is 45.0 Å². The summed E-state index contributed by atoms with van der Waals surface area (Å²) >= 11 is 1.33. The summed E-state index contributed by atoms with van der Waals surface area (Å²) in [4.78, 5) is 27.4. The fourth-order valence-electron chi connectivity index (χ4n) is 2.44. The van der Waals surface area contributed by atoms with E-state index in [-0.39, 0.29) is 5.71 Å². The largest absolute Gasteiger partial charge is 0.480 e. The van der Waals surface area contributed by atoms with E-state index in [4.69, 9.17) is 0 Å². The number of carbonyl (C=O) groups is 2. The van der Waals surface area contributed by atoms with Gasteiger partial charge in [0.2, 0.25) is 0 Å². The second-order valence-corrected chi connectivity index (χ2v) is 6.80. The molecule has 1 aliphatic rings. The van der Waals surface area contributed by atoms with Crippen molar-refractivity contribution in [2.24, 2.45) is 4.99 Å². The number of rotatable bonds is 8. The molecule has 1 aromatic carbocycles. The van der Waals surface area contributed by atoms with E-state index in [0.717, 1.165) is 12.0 Å². The molecule has 1 aromatic rings. The van der Waals surface area contributed by atoms with Crippen LogP contribution in [0.15, 0.2) is 59.1 Å². The lowest BCUT2D eigenvalue weighted by Gasteiger charge is -2.26. The molecule has 3 N–H and O–H groups in total. The molecule has 0 aliphatic carbocycles. The summed E-state index contributed by atoms with van der Waals surface area (Å²) in [5.41, 5.74) is 1.48. The lowest BCUT2D eigenvalue weighted by molar-refractivity contribution is -0.139. The van der Waals surface area contributed by atoms with Crippen molar-refractivity contribution >= 4 is 29.4 Å². The van der Waals surface area contributed by atoms with E-state index in [1.807, 2.05) is 43.3 Å². The molecule has 0 radical (unpaired) electrons. The first kappa shape index (κ1) is 19.9. The van der Waals surface area contributed by atoms with Crippen LogP contribution in [0.2, 0.25) is 0 Å². The SMILES string of the molecule is CC/C=C/C=C1\CSC(C(NCc2ccccc2)C(=O)O)N=C1C(=O)O. The van der Waals surface area contributed by atoms with Crippen LogP contribution in [0.3, 0.4) is 0 Å². The number of benzene rings is 1. The van der Waals surface area contributed by atoms with E-state index in [1.54, 1.807) is 12.2 Å². The van der Waals surface area contributed by atoms with E-state index >= 15 is 0 Å². The Labute approximate surface area is 156 Å². The summed E-state index contributed by atoms with van der Waals surface area (Å²) in [7, 11) is 0. The quantitative estimate of drug-likeness (QED) is 0.647. The van der Waals surface area contributed by atoms with Gasteiger partial charge in [-0.1, -0.05) is 55.5 Å². The summed E-state index contributed by atoms with van der Waals surface area (Å²) in [6.07, 6.45) is 6.30. The second-order valence-electron chi connectivity index (χ2n) is 5.70. The molecule has 1 aliphatic heterocycles. The van der Waals surface area contributed by atoms with Crippen LogP contribution in [0.5, 0.6) is 0 Å². The van der Waals surface area contributed by atoms with Crippen LogP contribution in [0.25, 0.3) is 0 Å². The molecule has 0 spiro atoms. The molecule has 0 fully saturated rings. The molecule has 7 heteroatoms. The molecule has 1 heterocycles. The van der Waals surface area contributed by atoms with Gasteiger partial charge in [-0.2, -0.15) is 0 Å². The van der Waals surface area contributed by atoms with Crippen molar-refractivity contribution in [2.45, 2.75) is 31.3 Å². The number of nitrogens with zero attached hydrogens (tertiary/aromatic N) is 1. The first-order chi connectivity index (χ1) is 12.5. The highest BCUT2D eigenvalue weighted by molar-refractivity contribution is 8.00. The van der Waals surface area contributed by atoms with Crippen molar-refractivity contribution in [1.82, 2.24) is 5.32 Å². The Balaban J connectivity index is 2.18. The molecule has 0 aromatic heterocycles. The van der Waals surface area contributed by atoms with Gasteiger partial charge in [-0.15, -0.1) is 11.8 Å². The van der Waals surface area contributed by atoms with Gasteiger partial charge in [0.15, 0.2) is 0 Å². The van der Waals surface area contributed by atoms with E-state index in [1.165, 1.54) is 11.8 Å². The third-order valence-corrected chi connectivity index (χ3v) is 4.96. The Morgan fingerprint density at radius 3 is 2.69 bits per heavy atom. The predicted octanol–water partition coefficient (Wildman–Crippen LogP) is 2.72. The lowest BCUT2D eigenvalue weighted by Crippen LogP contribution is -2.45. The summed E-state index contributed by atoms with van der Waals surface area (Å²) in [6, 6.07) is 8.47. The number of carboxylic acids is 2. The van der Waals surface area contributed by atoms with E-state index in [9.17, 15) is 19.8 Å². The number of hydrogen-bond donors (Lipinski definition) is 3. The number of thioether (sulfide) groups is 1. The maximum absolute atomic E-state index is 11.7. The van der Waals surface area contributed by atoms with Gasteiger partial charge in [0.25, 0.3) is 0 Å². The smallest absolute Gasteiger partial charge is 0.354 e. The third-order valence-electron chi connectivity index (χ3n) is 3.76. The molecule has 138 valence electrons. The Bertz CT molecular complexity index is 728. The Kier molecular flexibility index (Phi) is 7.62. The van der Waals surface area contributed by atoms with Crippen molar-refractivity contribution < 1.29 is 19.8 Å². The monoisotopic (exact) mass is 374 g/mol. The highest BCUT2D eigenvalue weighted by Gasteiger charge is 2.33. The maximum Gasteiger partial charge on any atom is 0.354 e. The van der Waals surface area contributed by atoms with Crippen LogP contribution in [0.1, 0.15) is 18.9 Å². The van der Waals surface area contributed by atoms with Crippen LogP contribution >= 0.6 is 11.8 Å². The van der Waals surface area contributed by atoms with E-state index < -0.39 is 23.4 Å². The number of nitrogens with one attached hydrogen (secondary N) is 1. The second kappa shape index (κ2) is 9.94. The molecule has 0 saturated carbocycles. The first-order valence-electron chi connectivity index (χ1n) is 8.31. The molecule has 6 nitrogen and oxygen atoms in total. The average molecular weight is 374 g/mol. The molecular formula is C19H22N2O4S. The van der Waals surface area contributed by atoms with E-state index in [2.05, 4.69) is 10.3 Å². The minimum atomic E-state index is -1.14. The van der Waals surface area contributed by atoms with E-state index in [0.29, 0.717) is 17.9 Å². The molecule has 26 heavy (non-hydrogen) atoms. The zero-order valence-corrected chi connectivity index (χ0v) is 15.3. The topological polar surface area (TPSA) is 99.0 Å². The Morgan fingerprint density at radius 1 is 1.35 bits per heavy atom. The van der Waals surface area contributed by atoms with Crippen LogP contribution in [0, 0.1) is 0 Å². The summed E-state index contributed by atoms with van der Waals surface area (Å²) in [5.74, 6) is -1.79. The fraction of sp³-hybridized carbons (Fsp3) is 0.316. The highest BCUT2D eigenvalue weighted by Crippen LogP contribution is 2.27. The van der Waals surface area contributed by atoms with Gasteiger partial charge in [0, 0.05) is 12.3 Å². The number of aliphatic imine (C=N–C) groups is 1. The molecular weight excluding hydrogens is 352 g/mol. The normalized spacial score (nSPS) is 20.1. The molecule has 0 amide bonds. The first-order valence-corrected chi connectivity index (χ1v) is 9.36. The van der Waals surface area contributed by atoms with Gasteiger partial charge in [-0.3, -0.25) is 15.1 Å². The Morgan fingerprint density at radius 2 is 2.08 bits per heavy atom. The Hall–Kier alpha value is -2.38. The summed E-state index contributed by atoms with van der Waals surface area (Å²) < 4.78 is 0. The average Bonchev–Trinajstić information content (AvgIpc) is 2.63. The van der Waals surface area contributed by atoms with Gasteiger partial charge in [0.1, 0.15) is 17.1 Å². The molecule has 2 unspecified atom stereocenters. The van der Waals surface area contributed by atoms with Crippen molar-refractivity contribution in [3.63, 3.8) is 0 Å². The van der Waals surface area contributed by atoms with Crippen LogP contribution < -0.4 is 5.32 Å². The molecule has 0 saturated heterocycles. The summed E-state index contributed by atoms with van der Waals surface area (Å²) in [6.45, 7) is 2.36. The van der Waals surface area contributed by atoms with Gasteiger partial charge in [-0.05, 0) is 17.6 Å². The lowest BCUT2D eigenvalue weighted by atomic mass is 10.1. The van der Waals surface area contributed by atoms with Gasteiger partial charge in [-0.25, -0.2) is 4.79 Å². The highest BCUT2D eigenvalue weighted by atomic mass is 32.2. The maximum atomic E-state index is 11.7. The van der Waals surface area contributed by atoms with Crippen LogP contribution in [0.4, 0.5) is 0 Å². The fourth-order valence-corrected chi connectivity index (χ4v) is 3.60. The standard InChI is InChI=1S/C19H22N2O4S/c1-2-3-5-10-14-12-26-17(21-15(14)18(22)23)16(19(24)25)20-11-13-8-6-4-7-9-13/h3-10,16-17,20H,2,11-12H2,1H3,(H,22,23)(H,24,25)/b5-3+,14-10+. The molecule has 2 rings (SSSR count). The predicted molar refractivity (Wildman–Crippen MR) is 104 cm³/mol. The van der Waals surface area contributed by atoms with Gasteiger partial charge < -0.3 is 10.2 Å². The van der Waals surface area contributed by atoms with Crippen molar-refractivity contribution in [3.8, 4) is 0 Å².